The maximum absolute atomic E-state index is 12.2. The average Bonchev–Trinajstić information content (AvgIpc) is 2.12. The fourth-order valence-corrected chi connectivity index (χ4v) is 0.602. The first kappa shape index (κ1) is 7.11. The van der Waals surface area contributed by atoms with Gasteiger partial charge < -0.3 is 0 Å². The summed E-state index contributed by atoms with van der Waals surface area (Å²) >= 11 is 0. The number of rotatable bonds is 2. The molecule has 0 bridgehead atoms. The van der Waals surface area contributed by atoms with Gasteiger partial charge in [-0.05, 0) is 0 Å². The highest BCUT2D eigenvalue weighted by Gasteiger charge is 2.21. The Kier molecular flexibility index (Phi) is 1.65. The molecule has 3 nitrogen and oxygen atoms in total. The Labute approximate surface area is 56.7 Å². The van der Waals surface area contributed by atoms with Crippen molar-refractivity contribution in [3.63, 3.8) is 0 Å². The van der Waals surface area contributed by atoms with Crippen LogP contribution in [0.25, 0.3) is 0 Å². The molecule has 0 amide bonds. The molecule has 0 aliphatic heterocycles. The summed E-state index contributed by atoms with van der Waals surface area (Å²) in [6, 6.07) is 0. The van der Waals surface area contributed by atoms with Crippen molar-refractivity contribution in [3.8, 4) is 0 Å². The van der Waals surface area contributed by atoms with Gasteiger partial charge in [0.25, 0.3) is 5.92 Å². The molecule has 5 heteroatoms. The zero-order chi connectivity index (χ0) is 7.61. The van der Waals surface area contributed by atoms with Gasteiger partial charge in [0.1, 0.15) is 6.54 Å². The zero-order valence-electron chi connectivity index (χ0n) is 5.46. The molecule has 0 atom stereocenters. The van der Waals surface area contributed by atoms with E-state index in [1.807, 2.05) is 0 Å². The van der Waals surface area contributed by atoms with Crippen molar-refractivity contribution in [2.75, 3.05) is 0 Å². The number of hydrogen-bond donors (Lipinski definition) is 0. The van der Waals surface area contributed by atoms with Crippen LogP contribution >= 0.6 is 0 Å². The molecule has 1 rings (SSSR count). The molecule has 1 heterocycles. The Bertz CT molecular complexity index is 189. The number of aromatic nitrogens is 3. The van der Waals surface area contributed by atoms with E-state index in [0.717, 1.165) is 11.6 Å². The molecular weight excluding hydrogens is 140 g/mol. The Hall–Kier alpha value is -1.00. The third-order valence-corrected chi connectivity index (χ3v) is 0.912. The highest BCUT2D eigenvalue weighted by atomic mass is 19.3. The molecular formula is C5H7F2N3. The fourth-order valence-electron chi connectivity index (χ4n) is 0.602. The second-order valence-corrected chi connectivity index (χ2v) is 2.17. The van der Waals surface area contributed by atoms with E-state index in [4.69, 9.17) is 0 Å². The molecule has 0 N–H and O–H groups in total. The van der Waals surface area contributed by atoms with Gasteiger partial charge >= 0.3 is 0 Å². The molecule has 1 aromatic rings. The summed E-state index contributed by atoms with van der Waals surface area (Å²) in [6.07, 6.45) is 2.77. The number of alkyl halides is 2. The second-order valence-electron chi connectivity index (χ2n) is 2.17. The molecule has 0 radical (unpaired) electrons. The monoisotopic (exact) mass is 147 g/mol. The molecule has 0 saturated heterocycles. The maximum Gasteiger partial charge on any atom is 0.264 e. The summed E-state index contributed by atoms with van der Waals surface area (Å²) in [6.45, 7) is 0.432. The fraction of sp³-hybridized carbons (Fsp3) is 0.600. The molecule has 56 valence electrons. The van der Waals surface area contributed by atoms with E-state index in [-0.39, 0.29) is 0 Å². The Morgan fingerprint density at radius 1 is 1.60 bits per heavy atom. The number of nitrogens with zero attached hydrogens (tertiary/aromatic N) is 3. The van der Waals surface area contributed by atoms with Gasteiger partial charge in [0.15, 0.2) is 0 Å². The van der Waals surface area contributed by atoms with Crippen LogP contribution in [-0.2, 0) is 6.54 Å². The van der Waals surface area contributed by atoms with Gasteiger partial charge in [0.2, 0.25) is 0 Å². The van der Waals surface area contributed by atoms with Crippen molar-refractivity contribution in [1.82, 2.24) is 15.0 Å². The van der Waals surface area contributed by atoms with E-state index in [0.29, 0.717) is 0 Å². The van der Waals surface area contributed by atoms with Crippen LogP contribution in [0.1, 0.15) is 6.92 Å². The van der Waals surface area contributed by atoms with E-state index in [1.54, 1.807) is 0 Å². The third-order valence-electron chi connectivity index (χ3n) is 0.912. The van der Waals surface area contributed by atoms with Crippen molar-refractivity contribution in [3.05, 3.63) is 12.4 Å². The summed E-state index contributed by atoms with van der Waals surface area (Å²) in [7, 11) is 0. The number of halogens is 2. The molecule has 0 aliphatic rings. The standard InChI is InChI=1S/C5H7F2N3/c1-5(6,7)4-10-3-2-8-9-10/h2-3H,4H2,1H3. The van der Waals surface area contributed by atoms with Crippen LogP contribution in [0.15, 0.2) is 12.4 Å². The van der Waals surface area contributed by atoms with Crippen molar-refractivity contribution in [2.45, 2.75) is 19.4 Å². The normalized spacial score (nSPS) is 11.9. The van der Waals surface area contributed by atoms with E-state index >= 15 is 0 Å². The molecule has 0 saturated carbocycles. The Morgan fingerprint density at radius 2 is 2.30 bits per heavy atom. The summed E-state index contributed by atoms with van der Waals surface area (Å²) in [5, 5.41) is 6.77. The minimum atomic E-state index is -2.71. The second kappa shape index (κ2) is 2.32. The Balaban J connectivity index is 2.57. The van der Waals surface area contributed by atoms with Crippen LogP contribution in [0.5, 0.6) is 0 Å². The SMILES string of the molecule is CC(F)(F)Cn1ccnn1. The van der Waals surface area contributed by atoms with Crippen LogP contribution in [0.3, 0.4) is 0 Å². The largest absolute Gasteiger partial charge is 0.264 e. The van der Waals surface area contributed by atoms with Crippen LogP contribution in [0.2, 0.25) is 0 Å². The van der Waals surface area contributed by atoms with Crippen LogP contribution in [-0.4, -0.2) is 20.9 Å². The minimum absolute atomic E-state index is 0.410. The third kappa shape index (κ3) is 2.08. The summed E-state index contributed by atoms with van der Waals surface area (Å²) in [5.41, 5.74) is 0. The molecule has 1 aromatic heterocycles. The first-order valence-corrected chi connectivity index (χ1v) is 2.80. The quantitative estimate of drug-likeness (QED) is 0.623. The molecule has 0 unspecified atom stereocenters. The van der Waals surface area contributed by atoms with Gasteiger partial charge in [-0.25, -0.2) is 13.5 Å². The predicted molar refractivity (Wildman–Crippen MR) is 30.6 cm³/mol. The van der Waals surface area contributed by atoms with Crippen LogP contribution in [0.4, 0.5) is 8.78 Å². The highest BCUT2D eigenvalue weighted by molar-refractivity contribution is 4.67. The molecule has 0 aromatic carbocycles. The lowest BCUT2D eigenvalue weighted by molar-refractivity contribution is 0.000101. The van der Waals surface area contributed by atoms with Gasteiger partial charge in [-0.15, -0.1) is 5.10 Å². The van der Waals surface area contributed by atoms with Gasteiger partial charge in [-0.2, -0.15) is 0 Å². The minimum Gasteiger partial charge on any atom is -0.247 e. The van der Waals surface area contributed by atoms with Crippen LogP contribution in [0, 0.1) is 0 Å². The average molecular weight is 147 g/mol. The first-order chi connectivity index (χ1) is 4.58. The molecule has 0 spiro atoms. The highest BCUT2D eigenvalue weighted by Crippen LogP contribution is 2.12. The van der Waals surface area contributed by atoms with Gasteiger partial charge in [-0.3, -0.25) is 0 Å². The zero-order valence-corrected chi connectivity index (χ0v) is 5.46. The van der Waals surface area contributed by atoms with Gasteiger partial charge in [0, 0.05) is 13.1 Å². The summed E-state index contributed by atoms with van der Waals surface area (Å²) in [4.78, 5) is 0. The maximum atomic E-state index is 12.2. The molecule has 0 fully saturated rings. The smallest absolute Gasteiger partial charge is 0.247 e. The van der Waals surface area contributed by atoms with E-state index < -0.39 is 12.5 Å². The van der Waals surface area contributed by atoms with Crippen molar-refractivity contribution < 1.29 is 8.78 Å². The predicted octanol–water partition coefficient (Wildman–Crippen LogP) is 0.933. The van der Waals surface area contributed by atoms with Crippen LogP contribution < -0.4 is 0 Å². The summed E-state index contributed by atoms with van der Waals surface area (Å²) in [5.74, 6) is -2.71. The first-order valence-electron chi connectivity index (χ1n) is 2.80. The van der Waals surface area contributed by atoms with Crippen molar-refractivity contribution >= 4 is 0 Å². The van der Waals surface area contributed by atoms with E-state index in [9.17, 15) is 8.78 Å². The lowest BCUT2D eigenvalue weighted by atomic mass is 10.4. The number of hydrogen-bond acceptors (Lipinski definition) is 2. The Morgan fingerprint density at radius 3 is 2.70 bits per heavy atom. The molecule has 0 aliphatic carbocycles. The topological polar surface area (TPSA) is 30.7 Å². The van der Waals surface area contributed by atoms with Crippen molar-refractivity contribution in [1.29, 1.82) is 0 Å². The summed E-state index contributed by atoms with van der Waals surface area (Å²) < 4.78 is 25.5. The lowest BCUT2D eigenvalue weighted by Crippen LogP contribution is -2.19. The lowest BCUT2D eigenvalue weighted by Gasteiger charge is -2.07. The van der Waals surface area contributed by atoms with Gasteiger partial charge in [-0.1, -0.05) is 5.21 Å². The van der Waals surface area contributed by atoms with E-state index in [1.165, 1.54) is 12.4 Å². The van der Waals surface area contributed by atoms with E-state index in [2.05, 4.69) is 10.3 Å². The molecule has 10 heavy (non-hydrogen) atoms. The van der Waals surface area contributed by atoms with Gasteiger partial charge in [0.05, 0.1) is 6.20 Å². The van der Waals surface area contributed by atoms with Crippen molar-refractivity contribution in [2.24, 2.45) is 0 Å².